The molecule has 3 heterocycles. The van der Waals surface area contributed by atoms with E-state index in [1.54, 1.807) is 7.05 Å². The van der Waals surface area contributed by atoms with Crippen molar-refractivity contribution in [3.05, 3.63) is 34.0 Å². The zero-order chi connectivity index (χ0) is 24.7. The number of piperidine rings is 1. The highest BCUT2D eigenvalue weighted by Gasteiger charge is 2.43. The lowest BCUT2D eigenvalue weighted by molar-refractivity contribution is -0.0570. The van der Waals surface area contributed by atoms with Crippen molar-refractivity contribution in [2.75, 3.05) is 25.5 Å². The van der Waals surface area contributed by atoms with Crippen molar-refractivity contribution in [2.24, 2.45) is 21.6 Å². The molecule has 0 spiro atoms. The minimum absolute atomic E-state index is 0.0481. The van der Waals surface area contributed by atoms with Crippen LogP contribution >= 0.6 is 0 Å². The summed E-state index contributed by atoms with van der Waals surface area (Å²) in [5.41, 5.74) is 6.26. The molecule has 0 amide bonds. The third-order valence-corrected chi connectivity index (χ3v) is 7.86. The first-order chi connectivity index (χ1) is 16.8. The summed E-state index contributed by atoms with van der Waals surface area (Å²) in [5, 5.41) is 11.1. The number of nitrogens with two attached hydrogens (primary N) is 1. The van der Waals surface area contributed by atoms with E-state index in [0.717, 1.165) is 25.9 Å². The fraction of sp³-hybridized carbons (Fsp3) is 0.583. The molecular formula is C24H30F3N7O. The maximum Gasteiger partial charge on any atom is 0.272 e. The van der Waals surface area contributed by atoms with Gasteiger partial charge in [0.2, 0.25) is 5.92 Å². The van der Waals surface area contributed by atoms with Gasteiger partial charge in [0.05, 0.1) is 23.3 Å². The molecule has 35 heavy (non-hydrogen) atoms. The lowest BCUT2D eigenvalue weighted by atomic mass is 9.76. The molecule has 5 rings (SSSR count). The van der Waals surface area contributed by atoms with E-state index in [1.165, 1.54) is 18.5 Å². The van der Waals surface area contributed by atoms with Crippen molar-refractivity contribution in [2.45, 2.75) is 62.4 Å². The number of nitrogens with one attached hydrogen (secondary N) is 2. The summed E-state index contributed by atoms with van der Waals surface area (Å²) < 4.78 is 41.6. The van der Waals surface area contributed by atoms with E-state index >= 15 is 0 Å². The Morgan fingerprint density at radius 3 is 2.60 bits per heavy atom. The van der Waals surface area contributed by atoms with Gasteiger partial charge in [-0.05, 0) is 56.8 Å². The number of alkyl halides is 2. The number of rotatable bonds is 3. The third kappa shape index (κ3) is 4.41. The molecule has 3 aliphatic rings. The molecule has 2 fully saturated rings. The Bertz CT molecular complexity index is 1210. The van der Waals surface area contributed by atoms with E-state index in [9.17, 15) is 18.0 Å². The summed E-state index contributed by atoms with van der Waals surface area (Å²) >= 11 is 0. The largest absolute Gasteiger partial charge is 0.390 e. The van der Waals surface area contributed by atoms with E-state index in [4.69, 9.17) is 5.73 Å². The van der Waals surface area contributed by atoms with Crippen LogP contribution in [0.4, 0.5) is 18.9 Å². The molecule has 11 heteroatoms. The molecule has 1 aromatic heterocycles. The topological polar surface area (TPSA) is 112 Å². The lowest BCUT2D eigenvalue weighted by Crippen LogP contribution is -2.49. The van der Waals surface area contributed by atoms with Crippen molar-refractivity contribution in [1.29, 1.82) is 0 Å². The summed E-state index contributed by atoms with van der Waals surface area (Å²) in [4.78, 5) is 23.4. The average molecular weight is 490 g/mol. The first kappa shape index (κ1) is 23.8. The number of nitrogens with zero attached hydrogens (tertiary/aromatic N) is 4. The van der Waals surface area contributed by atoms with Crippen LogP contribution in [0.25, 0.3) is 10.8 Å². The number of aromatic amines is 1. The lowest BCUT2D eigenvalue weighted by Gasteiger charge is -2.45. The van der Waals surface area contributed by atoms with Gasteiger partial charge in [-0.1, -0.05) is 0 Å². The van der Waals surface area contributed by atoms with E-state index in [1.807, 2.05) is 0 Å². The molecule has 2 aromatic rings. The van der Waals surface area contributed by atoms with Gasteiger partial charge < -0.3 is 16.0 Å². The predicted molar refractivity (Wildman–Crippen MR) is 130 cm³/mol. The number of likely N-dealkylation sites (tertiary alicyclic amines) is 1. The number of aromatic nitrogens is 2. The minimum atomic E-state index is -2.54. The van der Waals surface area contributed by atoms with Crippen LogP contribution in [0.3, 0.4) is 0 Å². The van der Waals surface area contributed by atoms with Gasteiger partial charge in [0.1, 0.15) is 11.7 Å². The molecule has 1 aromatic carbocycles. The summed E-state index contributed by atoms with van der Waals surface area (Å²) in [6, 6.07) is 2.59. The Morgan fingerprint density at radius 1 is 1.23 bits per heavy atom. The van der Waals surface area contributed by atoms with Gasteiger partial charge in [0, 0.05) is 43.0 Å². The van der Waals surface area contributed by atoms with Crippen LogP contribution in [0.1, 0.15) is 50.1 Å². The fourth-order valence-corrected chi connectivity index (χ4v) is 6.12. The van der Waals surface area contributed by atoms with E-state index in [2.05, 4.69) is 30.4 Å². The number of hydrogen-bond acceptors (Lipinski definition) is 5. The average Bonchev–Trinajstić information content (AvgIpc) is 2.84. The molecule has 0 unspecified atom stereocenters. The van der Waals surface area contributed by atoms with Gasteiger partial charge in [-0.15, -0.1) is 0 Å². The van der Waals surface area contributed by atoms with Gasteiger partial charge in [-0.3, -0.25) is 9.79 Å². The van der Waals surface area contributed by atoms with Crippen molar-refractivity contribution >= 4 is 28.6 Å². The Labute approximate surface area is 200 Å². The van der Waals surface area contributed by atoms with Gasteiger partial charge in [-0.2, -0.15) is 5.10 Å². The number of benzene rings is 1. The second kappa shape index (κ2) is 9.25. The molecule has 2 atom stereocenters. The first-order valence-corrected chi connectivity index (χ1v) is 12.1. The predicted octanol–water partition coefficient (Wildman–Crippen LogP) is 3.25. The number of anilines is 1. The van der Waals surface area contributed by atoms with Crippen LogP contribution in [0, 0.1) is 11.7 Å². The second-order valence-electron chi connectivity index (χ2n) is 9.78. The molecule has 0 radical (unpaired) electrons. The molecule has 4 N–H and O–H groups in total. The van der Waals surface area contributed by atoms with E-state index in [-0.39, 0.29) is 36.2 Å². The third-order valence-electron chi connectivity index (χ3n) is 7.86. The summed E-state index contributed by atoms with van der Waals surface area (Å²) in [6.07, 6.45) is 3.80. The second-order valence-corrected chi connectivity index (χ2v) is 9.78. The molecule has 2 aliphatic heterocycles. The Balaban J connectivity index is 1.45. The van der Waals surface area contributed by atoms with Gasteiger partial charge >= 0.3 is 0 Å². The SMILES string of the molecule is CN=C(N=CN)[C@@H]1c2n[nH]c(=O)c3cc(F)cc(c23)N[C@H]1C1CCN(C2CCC(F)(F)CC2)CC1. The molecule has 8 nitrogen and oxygen atoms in total. The maximum atomic E-state index is 14.4. The van der Waals surface area contributed by atoms with Gasteiger partial charge in [0.15, 0.2) is 0 Å². The van der Waals surface area contributed by atoms with Gasteiger partial charge in [0.25, 0.3) is 5.56 Å². The summed E-state index contributed by atoms with van der Waals surface area (Å²) in [6.45, 7) is 1.60. The molecule has 1 saturated heterocycles. The van der Waals surface area contributed by atoms with Crippen LogP contribution in [0.2, 0.25) is 0 Å². The number of halogens is 3. The van der Waals surface area contributed by atoms with Crippen molar-refractivity contribution in [3.63, 3.8) is 0 Å². The van der Waals surface area contributed by atoms with Crippen LogP contribution in [-0.4, -0.2) is 65.4 Å². The van der Waals surface area contributed by atoms with Crippen LogP contribution in [0.5, 0.6) is 0 Å². The van der Waals surface area contributed by atoms with Crippen LogP contribution in [0.15, 0.2) is 26.9 Å². The normalized spacial score (nSPS) is 26.3. The summed E-state index contributed by atoms with van der Waals surface area (Å²) in [7, 11) is 1.63. The number of amidine groups is 1. The maximum absolute atomic E-state index is 14.4. The standard InChI is InChI=1S/C24H30F3N7O/c1-29-22(30-12-28)19-20(13-4-8-34(9-5-13)15-2-6-24(26,27)7-3-15)31-17-11-14(25)10-16-18(17)21(19)32-33-23(16)35/h10-13,15,19-20,31H,2-9H2,1H3,(H,33,35)(H2,28,29,30)/t19-,20-/m0/s1. The Kier molecular flexibility index (Phi) is 6.29. The number of aliphatic imine (C=N–C) groups is 2. The highest BCUT2D eigenvalue weighted by Crippen LogP contribution is 2.43. The van der Waals surface area contributed by atoms with Crippen molar-refractivity contribution < 1.29 is 13.2 Å². The van der Waals surface area contributed by atoms with Crippen LogP contribution < -0.4 is 16.6 Å². The number of hydrogen-bond donors (Lipinski definition) is 3. The highest BCUT2D eigenvalue weighted by molar-refractivity contribution is 6.04. The zero-order valence-electron chi connectivity index (χ0n) is 19.6. The first-order valence-electron chi connectivity index (χ1n) is 12.1. The van der Waals surface area contributed by atoms with Crippen molar-refractivity contribution in [3.8, 4) is 0 Å². The molecule has 1 aliphatic carbocycles. The molecule has 188 valence electrons. The molecule has 1 saturated carbocycles. The fourth-order valence-electron chi connectivity index (χ4n) is 6.12. The van der Waals surface area contributed by atoms with E-state index < -0.39 is 23.2 Å². The van der Waals surface area contributed by atoms with E-state index in [0.29, 0.717) is 35.4 Å². The monoisotopic (exact) mass is 489 g/mol. The Morgan fingerprint density at radius 2 is 1.94 bits per heavy atom. The van der Waals surface area contributed by atoms with Gasteiger partial charge in [-0.25, -0.2) is 23.3 Å². The molecule has 0 bridgehead atoms. The summed E-state index contributed by atoms with van der Waals surface area (Å²) in [5.74, 6) is -2.80. The Hall–Kier alpha value is -2.95. The highest BCUT2D eigenvalue weighted by atomic mass is 19.3. The van der Waals surface area contributed by atoms with Crippen molar-refractivity contribution in [1.82, 2.24) is 15.1 Å². The molecular weight excluding hydrogens is 459 g/mol. The quantitative estimate of drug-likeness (QED) is 0.453. The van der Waals surface area contributed by atoms with Crippen LogP contribution in [-0.2, 0) is 0 Å². The minimum Gasteiger partial charge on any atom is -0.390 e. The smallest absolute Gasteiger partial charge is 0.272 e. The zero-order valence-corrected chi connectivity index (χ0v) is 19.6. The number of H-pyrrole nitrogens is 1.